The Kier molecular flexibility index (Phi) is 5.15. The predicted octanol–water partition coefficient (Wildman–Crippen LogP) is 1.62. The van der Waals surface area contributed by atoms with E-state index in [2.05, 4.69) is 15.4 Å². The van der Waals surface area contributed by atoms with Gasteiger partial charge in [0, 0.05) is 32.2 Å². The Bertz CT molecular complexity index is 543. The number of amides is 2. The Hall–Kier alpha value is -1.63. The zero-order valence-corrected chi connectivity index (χ0v) is 13.9. The first-order valence-electron chi connectivity index (χ1n) is 8.84. The fourth-order valence-corrected chi connectivity index (χ4v) is 3.64. The second kappa shape index (κ2) is 7.29. The first-order valence-corrected chi connectivity index (χ1v) is 8.84. The Morgan fingerprint density at radius 3 is 2.96 bits per heavy atom. The molecule has 3 heterocycles. The number of fused-ring (bicyclic) bond motifs is 1. The summed E-state index contributed by atoms with van der Waals surface area (Å²) < 4.78 is 1.94. The van der Waals surface area contributed by atoms with Crippen LogP contribution in [0.25, 0.3) is 0 Å². The van der Waals surface area contributed by atoms with Crippen molar-refractivity contribution in [3.05, 3.63) is 11.6 Å². The molecule has 0 aromatic carbocycles. The molecule has 7 nitrogen and oxygen atoms in total. The van der Waals surface area contributed by atoms with E-state index >= 15 is 0 Å². The van der Waals surface area contributed by atoms with Crippen molar-refractivity contribution in [1.29, 1.82) is 0 Å². The van der Waals surface area contributed by atoms with Crippen molar-refractivity contribution < 1.29 is 9.90 Å². The lowest BCUT2D eigenvalue weighted by Crippen LogP contribution is -2.50. The third-order valence-electron chi connectivity index (χ3n) is 4.88. The Morgan fingerprint density at radius 2 is 2.17 bits per heavy atom. The summed E-state index contributed by atoms with van der Waals surface area (Å²) in [7, 11) is 0. The van der Waals surface area contributed by atoms with Crippen molar-refractivity contribution in [3.8, 4) is 0 Å². The average Bonchev–Trinajstić information content (AvgIpc) is 3.00. The second-order valence-corrected chi connectivity index (χ2v) is 6.46. The standard InChI is InChI=1S/C16H27N5O2/c1-2-14-18-15-13(7-5-10-21(15)19-14)17-16(23)20-9-4-3-6-12(20)8-11-22/h12-13,22H,2-11H2,1H3,(H,17,23). The number of carbonyl (C=O) groups excluding carboxylic acids is 1. The summed E-state index contributed by atoms with van der Waals surface area (Å²) in [6, 6.07) is 0.0739. The van der Waals surface area contributed by atoms with Gasteiger partial charge in [-0.05, 0) is 38.5 Å². The Morgan fingerprint density at radius 1 is 1.30 bits per heavy atom. The molecule has 3 rings (SSSR count). The number of aryl methyl sites for hydroxylation is 2. The zero-order chi connectivity index (χ0) is 16.2. The molecule has 1 fully saturated rings. The normalized spacial score (nSPS) is 24.3. The molecule has 2 amide bonds. The van der Waals surface area contributed by atoms with E-state index < -0.39 is 0 Å². The average molecular weight is 321 g/mol. The predicted molar refractivity (Wildman–Crippen MR) is 86.0 cm³/mol. The van der Waals surface area contributed by atoms with E-state index in [1.165, 1.54) is 0 Å². The van der Waals surface area contributed by atoms with Crippen molar-refractivity contribution >= 4 is 6.03 Å². The molecule has 0 spiro atoms. The van der Waals surface area contributed by atoms with E-state index in [1.54, 1.807) is 0 Å². The van der Waals surface area contributed by atoms with Gasteiger partial charge in [-0.15, -0.1) is 0 Å². The highest BCUT2D eigenvalue weighted by Gasteiger charge is 2.30. The largest absolute Gasteiger partial charge is 0.396 e. The maximum atomic E-state index is 12.7. The van der Waals surface area contributed by atoms with Crippen LogP contribution in [0.4, 0.5) is 4.79 Å². The first-order chi connectivity index (χ1) is 11.2. The van der Waals surface area contributed by atoms with Crippen molar-refractivity contribution in [2.24, 2.45) is 0 Å². The smallest absolute Gasteiger partial charge is 0.318 e. The minimum atomic E-state index is -0.0549. The van der Waals surface area contributed by atoms with E-state index in [1.807, 2.05) is 16.5 Å². The number of carbonyl (C=O) groups is 1. The van der Waals surface area contributed by atoms with Gasteiger partial charge in [0.25, 0.3) is 0 Å². The highest BCUT2D eigenvalue weighted by Crippen LogP contribution is 2.25. The molecule has 1 aromatic heterocycles. The first kappa shape index (κ1) is 16.2. The van der Waals surface area contributed by atoms with Crippen LogP contribution in [-0.4, -0.2) is 50.0 Å². The highest BCUT2D eigenvalue weighted by atomic mass is 16.3. The number of nitrogens with zero attached hydrogens (tertiary/aromatic N) is 4. The van der Waals surface area contributed by atoms with Crippen LogP contribution in [0.3, 0.4) is 0 Å². The molecule has 1 saturated heterocycles. The Labute approximate surface area is 137 Å². The molecule has 0 radical (unpaired) electrons. The van der Waals surface area contributed by atoms with Gasteiger partial charge >= 0.3 is 6.03 Å². The molecule has 2 aliphatic heterocycles. The van der Waals surface area contributed by atoms with Crippen LogP contribution in [0, 0.1) is 0 Å². The van der Waals surface area contributed by atoms with Crippen LogP contribution in [0.2, 0.25) is 0 Å². The summed E-state index contributed by atoms with van der Waals surface area (Å²) in [6.07, 6.45) is 6.54. The van der Waals surface area contributed by atoms with Crippen molar-refractivity contribution in [2.75, 3.05) is 13.2 Å². The Balaban J connectivity index is 1.69. The molecule has 2 aliphatic rings. The summed E-state index contributed by atoms with van der Waals surface area (Å²) in [4.78, 5) is 19.2. The maximum Gasteiger partial charge on any atom is 0.318 e. The molecule has 0 saturated carbocycles. The van der Waals surface area contributed by atoms with Crippen LogP contribution in [-0.2, 0) is 13.0 Å². The third-order valence-corrected chi connectivity index (χ3v) is 4.88. The van der Waals surface area contributed by atoms with Gasteiger partial charge in [-0.1, -0.05) is 6.92 Å². The van der Waals surface area contributed by atoms with E-state index in [4.69, 9.17) is 0 Å². The van der Waals surface area contributed by atoms with Crippen molar-refractivity contribution in [2.45, 2.75) is 70.5 Å². The number of nitrogens with one attached hydrogen (secondary N) is 1. The molecular weight excluding hydrogens is 294 g/mol. The summed E-state index contributed by atoms with van der Waals surface area (Å²) in [6.45, 7) is 3.83. The molecule has 7 heteroatoms. The number of likely N-dealkylation sites (tertiary alicyclic amines) is 1. The van der Waals surface area contributed by atoms with Crippen molar-refractivity contribution in [3.63, 3.8) is 0 Å². The fraction of sp³-hybridized carbons (Fsp3) is 0.812. The van der Waals surface area contributed by atoms with E-state index in [0.29, 0.717) is 6.42 Å². The molecule has 128 valence electrons. The van der Waals surface area contributed by atoms with Gasteiger partial charge in [-0.2, -0.15) is 5.10 Å². The minimum absolute atomic E-state index is 0.0253. The van der Waals surface area contributed by atoms with Crippen LogP contribution in [0.5, 0.6) is 0 Å². The lowest BCUT2D eigenvalue weighted by molar-refractivity contribution is 0.128. The molecule has 2 N–H and O–H groups in total. The van der Waals surface area contributed by atoms with Gasteiger partial charge < -0.3 is 15.3 Å². The molecule has 0 aliphatic carbocycles. The SMILES string of the molecule is CCc1nc2n(n1)CCCC2NC(=O)N1CCCCC1CCO. The van der Waals surface area contributed by atoms with Crippen LogP contribution >= 0.6 is 0 Å². The fourth-order valence-electron chi connectivity index (χ4n) is 3.64. The summed E-state index contributed by atoms with van der Waals surface area (Å²) in [5.41, 5.74) is 0. The third kappa shape index (κ3) is 3.49. The van der Waals surface area contributed by atoms with Crippen LogP contribution in [0.15, 0.2) is 0 Å². The maximum absolute atomic E-state index is 12.7. The molecular formula is C16H27N5O2. The summed E-state index contributed by atoms with van der Waals surface area (Å²) in [5, 5.41) is 16.9. The van der Waals surface area contributed by atoms with Crippen molar-refractivity contribution in [1.82, 2.24) is 25.0 Å². The molecule has 1 aromatic rings. The highest BCUT2D eigenvalue weighted by molar-refractivity contribution is 5.75. The number of aromatic nitrogens is 3. The van der Waals surface area contributed by atoms with Crippen LogP contribution in [0.1, 0.15) is 63.1 Å². The topological polar surface area (TPSA) is 83.3 Å². The summed E-state index contributed by atoms with van der Waals surface area (Å²) in [5.74, 6) is 1.73. The minimum Gasteiger partial charge on any atom is -0.396 e. The summed E-state index contributed by atoms with van der Waals surface area (Å²) >= 11 is 0. The van der Waals surface area contributed by atoms with Gasteiger partial charge in [0.2, 0.25) is 0 Å². The van der Waals surface area contributed by atoms with Gasteiger partial charge in [-0.3, -0.25) is 0 Å². The van der Waals surface area contributed by atoms with Crippen LogP contribution < -0.4 is 5.32 Å². The van der Waals surface area contributed by atoms with Gasteiger partial charge in [-0.25, -0.2) is 14.5 Å². The number of rotatable bonds is 4. The molecule has 23 heavy (non-hydrogen) atoms. The van der Waals surface area contributed by atoms with Gasteiger partial charge in [0.1, 0.15) is 5.82 Å². The van der Waals surface area contributed by atoms with E-state index in [0.717, 1.165) is 63.3 Å². The zero-order valence-electron chi connectivity index (χ0n) is 13.9. The quantitative estimate of drug-likeness (QED) is 0.883. The van der Waals surface area contributed by atoms with E-state index in [9.17, 15) is 9.90 Å². The second-order valence-electron chi connectivity index (χ2n) is 6.46. The number of urea groups is 1. The van der Waals surface area contributed by atoms with Gasteiger partial charge in [0.15, 0.2) is 5.82 Å². The van der Waals surface area contributed by atoms with E-state index in [-0.39, 0.29) is 24.7 Å². The molecule has 2 atom stereocenters. The molecule has 0 bridgehead atoms. The number of hydrogen-bond donors (Lipinski definition) is 2. The number of piperidine rings is 1. The lowest BCUT2D eigenvalue weighted by Gasteiger charge is -2.36. The monoisotopic (exact) mass is 321 g/mol. The lowest BCUT2D eigenvalue weighted by atomic mass is 10.00. The number of aliphatic hydroxyl groups is 1. The number of aliphatic hydroxyl groups excluding tert-OH is 1. The van der Waals surface area contributed by atoms with Gasteiger partial charge in [0.05, 0.1) is 6.04 Å². The molecule has 2 unspecified atom stereocenters. The number of hydrogen-bond acceptors (Lipinski definition) is 4.